The van der Waals surface area contributed by atoms with E-state index in [4.69, 9.17) is 4.42 Å². The molecule has 3 rings (SSSR count). The van der Waals surface area contributed by atoms with Crippen LogP contribution in [0.4, 0.5) is 5.69 Å². The molecule has 0 bridgehead atoms. The standard InChI is InChI=1S/C18H19NO/c1-3-12-19(2)15-10-8-14(9-11-15)17-13-20-18-7-5-4-6-16(17)18/h4-11,13H,3,12H2,1-2H3. The number of rotatable bonds is 4. The van der Waals surface area contributed by atoms with Crippen molar-refractivity contribution >= 4 is 16.7 Å². The number of hydrogen-bond acceptors (Lipinski definition) is 2. The van der Waals surface area contributed by atoms with Crippen LogP contribution in [-0.2, 0) is 0 Å². The average Bonchev–Trinajstić information content (AvgIpc) is 2.92. The molecule has 0 saturated heterocycles. The molecule has 0 spiro atoms. The van der Waals surface area contributed by atoms with Gasteiger partial charge in [-0.25, -0.2) is 0 Å². The van der Waals surface area contributed by atoms with Crippen molar-refractivity contribution in [1.82, 2.24) is 0 Å². The lowest BCUT2D eigenvalue weighted by Crippen LogP contribution is -2.17. The van der Waals surface area contributed by atoms with Crippen LogP contribution in [0.1, 0.15) is 13.3 Å². The fraction of sp³-hybridized carbons (Fsp3) is 0.222. The molecule has 0 aliphatic rings. The van der Waals surface area contributed by atoms with Gasteiger partial charge in [-0.3, -0.25) is 0 Å². The third-order valence-corrected chi connectivity index (χ3v) is 3.66. The molecule has 0 saturated carbocycles. The van der Waals surface area contributed by atoms with Crippen molar-refractivity contribution in [3.8, 4) is 11.1 Å². The predicted molar refractivity (Wildman–Crippen MR) is 85.2 cm³/mol. The quantitative estimate of drug-likeness (QED) is 0.664. The molecule has 3 aromatic rings. The largest absolute Gasteiger partial charge is 0.464 e. The molecule has 0 aliphatic heterocycles. The highest BCUT2D eigenvalue weighted by atomic mass is 16.3. The number of anilines is 1. The Morgan fingerprint density at radius 1 is 1.00 bits per heavy atom. The first-order valence-electron chi connectivity index (χ1n) is 7.07. The molecular formula is C18H19NO. The van der Waals surface area contributed by atoms with E-state index < -0.39 is 0 Å². The maximum atomic E-state index is 5.61. The molecule has 0 fully saturated rings. The second kappa shape index (κ2) is 5.41. The number of nitrogens with zero attached hydrogens (tertiary/aromatic N) is 1. The van der Waals surface area contributed by atoms with E-state index in [-0.39, 0.29) is 0 Å². The fourth-order valence-corrected chi connectivity index (χ4v) is 2.56. The van der Waals surface area contributed by atoms with E-state index in [0.717, 1.165) is 24.1 Å². The second-order valence-electron chi connectivity index (χ2n) is 5.11. The van der Waals surface area contributed by atoms with Gasteiger partial charge in [-0.05, 0) is 30.2 Å². The van der Waals surface area contributed by atoms with Gasteiger partial charge < -0.3 is 9.32 Å². The highest BCUT2D eigenvalue weighted by molar-refractivity contribution is 5.94. The summed E-state index contributed by atoms with van der Waals surface area (Å²) < 4.78 is 5.61. The van der Waals surface area contributed by atoms with Gasteiger partial charge in [0.2, 0.25) is 0 Å². The number of benzene rings is 2. The monoisotopic (exact) mass is 265 g/mol. The zero-order chi connectivity index (χ0) is 13.9. The lowest BCUT2D eigenvalue weighted by molar-refractivity contribution is 0.617. The lowest BCUT2D eigenvalue weighted by atomic mass is 10.0. The number of para-hydroxylation sites is 1. The van der Waals surface area contributed by atoms with Crippen molar-refractivity contribution in [2.45, 2.75) is 13.3 Å². The minimum Gasteiger partial charge on any atom is -0.464 e. The predicted octanol–water partition coefficient (Wildman–Crippen LogP) is 4.95. The van der Waals surface area contributed by atoms with Gasteiger partial charge >= 0.3 is 0 Å². The van der Waals surface area contributed by atoms with Gasteiger partial charge in [0, 0.05) is 30.2 Å². The van der Waals surface area contributed by atoms with Crippen LogP contribution in [0.3, 0.4) is 0 Å². The molecule has 0 unspecified atom stereocenters. The summed E-state index contributed by atoms with van der Waals surface area (Å²) in [4.78, 5) is 2.28. The summed E-state index contributed by atoms with van der Waals surface area (Å²) in [6.45, 7) is 3.27. The zero-order valence-corrected chi connectivity index (χ0v) is 12.0. The Kier molecular flexibility index (Phi) is 3.46. The molecule has 1 aromatic heterocycles. The summed E-state index contributed by atoms with van der Waals surface area (Å²) in [5, 5.41) is 1.17. The Hall–Kier alpha value is -2.22. The van der Waals surface area contributed by atoms with Crippen molar-refractivity contribution in [3.63, 3.8) is 0 Å². The summed E-state index contributed by atoms with van der Waals surface area (Å²) in [6.07, 6.45) is 3.00. The Morgan fingerprint density at radius 3 is 2.50 bits per heavy atom. The first kappa shape index (κ1) is 12.8. The molecule has 20 heavy (non-hydrogen) atoms. The third-order valence-electron chi connectivity index (χ3n) is 3.66. The number of hydrogen-bond donors (Lipinski definition) is 0. The summed E-state index contributed by atoms with van der Waals surface area (Å²) in [5.41, 5.74) is 4.55. The molecule has 102 valence electrons. The summed E-state index contributed by atoms with van der Waals surface area (Å²) >= 11 is 0. The van der Waals surface area contributed by atoms with E-state index in [1.54, 1.807) is 0 Å². The van der Waals surface area contributed by atoms with Crippen LogP contribution in [0.5, 0.6) is 0 Å². The Balaban J connectivity index is 1.95. The second-order valence-corrected chi connectivity index (χ2v) is 5.11. The molecular weight excluding hydrogens is 246 g/mol. The van der Waals surface area contributed by atoms with Crippen LogP contribution in [0.25, 0.3) is 22.1 Å². The Morgan fingerprint density at radius 2 is 1.75 bits per heavy atom. The minimum absolute atomic E-state index is 0.940. The van der Waals surface area contributed by atoms with Gasteiger partial charge in [-0.15, -0.1) is 0 Å². The summed E-state index contributed by atoms with van der Waals surface area (Å²) in [6, 6.07) is 16.8. The molecule has 2 heteroatoms. The van der Waals surface area contributed by atoms with Crippen LogP contribution >= 0.6 is 0 Å². The fourth-order valence-electron chi connectivity index (χ4n) is 2.56. The van der Waals surface area contributed by atoms with Crippen molar-refractivity contribution in [1.29, 1.82) is 0 Å². The van der Waals surface area contributed by atoms with Gasteiger partial charge in [0.1, 0.15) is 5.58 Å². The van der Waals surface area contributed by atoms with E-state index in [1.807, 2.05) is 24.5 Å². The molecule has 2 nitrogen and oxygen atoms in total. The SMILES string of the molecule is CCCN(C)c1ccc(-c2coc3ccccc23)cc1. The Labute approximate surface area is 119 Å². The normalized spacial score (nSPS) is 10.9. The average molecular weight is 265 g/mol. The zero-order valence-electron chi connectivity index (χ0n) is 12.0. The van der Waals surface area contributed by atoms with E-state index in [0.29, 0.717) is 0 Å². The molecule has 0 N–H and O–H groups in total. The van der Waals surface area contributed by atoms with Gasteiger partial charge in [-0.2, -0.15) is 0 Å². The molecule has 1 heterocycles. The van der Waals surface area contributed by atoms with Crippen LogP contribution in [0, 0.1) is 0 Å². The first-order chi connectivity index (χ1) is 9.79. The minimum atomic E-state index is 0.940. The molecule has 0 amide bonds. The molecule has 0 aliphatic carbocycles. The van der Waals surface area contributed by atoms with E-state index >= 15 is 0 Å². The van der Waals surface area contributed by atoms with E-state index in [1.165, 1.54) is 16.6 Å². The van der Waals surface area contributed by atoms with Crippen molar-refractivity contribution in [2.24, 2.45) is 0 Å². The van der Waals surface area contributed by atoms with Gasteiger partial charge in [0.25, 0.3) is 0 Å². The van der Waals surface area contributed by atoms with Gasteiger partial charge in [0.15, 0.2) is 0 Å². The van der Waals surface area contributed by atoms with Crippen LogP contribution in [0.15, 0.2) is 59.2 Å². The lowest BCUT2D eigenvalue weighted by Gasteiger charge is -2.18. The van der Waals surface area contributed by atoms with Gasteiger partial charge in [0.05, 0.1) is 6.26 Å². The van der Waals surface area contributed by atoms with Crippen molar-refractivity contribution in [2.75, 3.05) is 18.5 Å². The third kappa shape index (κ3) is 2.29. The maximum absolute atomic E-state index is 5.61. The smallest absolute Gasteiger partial charge is 0.134 e. The number of fused-ring (bicyclic) bond motifs is 1. The Bertz CT molecular complexity index is 697. The van der Waals surface area contributed by atoms with Crippen molar-refractivity contribution in [3.05, 3.63) is 54.8 Å². The highest BCUT2D eigenvalue weighted by Crippen LogP contribution is 2.31. The van der Waals surface area contributed by atoms with Crippen molar-refractivity contribution < 1.29 is 4.42 Å². The molecule has 0 radical (unpaired) electrons. The summed E-state index contributed by atoms with van der Waals surface area (Å²) in [7, 11) is 2.13. The topological polar surface area (TPSA) is 16.4 Å². The molecule has 0 atom stereocenters. The van der Waals surface area contributed by atoms with Gasteiger partial charge in [-0.1, -0.05) is 37.3 Å². The van der Waals surface area contributed by atoms with Crippen LogP contribution in [0.2, 0.25) is 0 Å². The highest BCUT2D eigenvalue weighted by Gasteiger charge is 2.07. The molecule has 2 aromatic carbocycles. The first-order valence-corrected chi connectivity index (χ1v) is 7.07. The summed E-state index contributed by atoms with van der Waals surface area (Å²) in [5.74, 6) is 0. The van der Waals surface area contributed by atoms with E-state index in [9.17, 15) is 0 Å². The van der Waals surface area contributed by atoms with E-state index in [2.05, 4.69) is 49.2 Å². The maximum Gasteiger partial charge on any atom is 0.134 e. The van der Waals surface area contributed by atoms with Crippen LogP contribution < -0.4 is 4.90 Å². The number of furan rings is 1. The van der Waals surface area contributed by atoms with Crippen LogP contribution in [-0.4, -0.2) is 13.6 Å².